The predicted octanol–water partition coefficient (Wildman–Crippen LogP) is 2.16. The van der Waals surface area contributed by atoms with E-state index in [1.807, 2.05) is 13.0 Å². The minimum absolute atomic E-state index is 0.0634. The largest absolute Gasteiger partial charge is 0.314 e. The van der Waals surface area contributed by atoms with Crippen LogP contribution in [0.2, 0.25) is 0 Å². The van der Waals surface area contributed by atoms with Gasteiger partial charge in [-0.05, 0) is 13.0 Å². The molecular weight excluding hydrogens is 176 g/mol. The van der Waals surface area contributed by atoms with E-state index < -0.39 is 0 Å². The predicted molar refractivity (Wildman–Crippen MR) is 57.1 cm³/mol. The van der Waals surface area contributed by atoms with E-state index in [2.05, 4.69) is 13.8 Å². The fraction of sp³-hybridized carbons (Fsp3) is 0.455. The molecule has 1 heterocycles. The number of pyridine rings is 1. The van der Waals surface area contributed by atoms with Crippen LogP contribution in [-0.2, 0) is 6.54 Å². The molecule has 3 heteroatoms. The van der Waals surface area contributed by atoms with Crippen molar-refractivity contribution < 1.29 is 0 Å². The standard InChI is InChI=1S/C8H8N2O.C3H8/c1-2-10-6-7(5-9)3-4-8(10)11;1-3-2/h3-4,6H,2H2,1H3;3H2,1-2H3. The average molecular weight is 192 g/mol. The highest BCUT2D eigenvalue weighted by atomic mass is 16.1. The smallest absolute Gasteiger partial charge is 0.250 e. The molecule has 76 valence electrons. The molecule has 0 aliphatic heterocycles. The Morgan fingerprint density at radius 2 is 1.93 bits per heavy atom. The summed E-state index contributed by atoms with van der Waals surface area (Å²) >= 11 is 0. The topological polar surface area (TPSA) is 45.8 Å². The lowest BCUT2D eigenvalue weighted by atomic mass is 10.3. The summed E-state index contributed by atoms with van der Waals surface area (Å²) in [5, 5.41) is 8.48. The number of nitrogens with zero attached hydrogens (tertiary/aromatic N) is 2. The first-order valence-electron chi connectivity index (χ1n) is 4.80. The van der Waals surface area contributed by atoms with Gasteiger partial charge in [-0.3, -0.25) is 4.79 Å². The molecule has 0 saturated heterocycles. The van der Waals surface area contributed by atoms with Crippen molar-refractivity contribution in [3.8, 4) is 6.07 Å². The zero-order valence-corrected chi connectivity index (χ0v) is 8.95. The fourth-order valence-electron chi connectivity index (χ4n) is 0.845. The van der Waals surface area contributed by atoms with Crippen LogP contribution in [0.25, 0.3) is 0 Å². The maximum absolute atomic E-state index is 11.0. The van der Waals surface area contributed by atoms with Crippen LogP contribution in [0.5, 0.6) is 0 Å². The van der Waals surface area contributed by atoms with Crippen molar-refractivity contribution in [2.24, 2.45) is 0 Å². The zero-order valence-electron chi connectivity index (χ0n) is 8.95. The first-order chi connectivity index (χ1) is 6.69. The number of hydrogen-bond donors (Lipinski definition) is 0. The third-order valence-electron chi connectivity index (χ3n) is 1.45. The van der Waals surface area contributed by atoms with E-state index in [1.165, 1.54) is 23.1 Å². The van der Waals surface area contributed by atoms with Gasteiger partial charge in [-0.25, -0.2) is 0 Å². The molecule has 0 aromatic carbocycles. The number of aromatic nitrogens is 1. The first kappa shape index (κ1) is 12.4. The van der Waals surface area contributed by atoms with E-state index in [0.29, 0.717) is 12.1 Å². The van der Waals surface area contributed by atoms with Crippen LogP contribution in [0.1, 0.15) is 32.8 Å². The Labute approximate surface area is 84.6 Å². The average Bonchev–Trinajstić information content (AvgIpc) is 2.20. The molecule has 0 amide bonds. The third kappa shape index (κ3) is 3.90. The van der Waals surface area contributed by atoms with Gasteiger partial charge < -0.3 is 4.57 Å². The molecule has 0 aliphatic carbocycles. The lowest BCUT2D eigenvalue weighted by molar-refractivity contribution is 0.725. The Bertz CT molecular complexity index is 360. The van der Waals surface area contributed by atoms with Crippen molar-refractivity contribution in [2.45, 2.75) is 33.7 Å². The Morgan fingerprint density at radius 3 is 2.36 bits per heavy atom. The summed E-state index contributed by atoms with van der Waals surface area (Å²) in [7, 11) is 0. The van der Waals surface area contributed by atoms with Crippen molar-refractivity contribution in [2.75, 3.05) is 0 Å². The van der Waals surface area contributed by atoms with Crippen LogP contribution in [0.3, 0.4) is 0 Å². The van der Waals surface area contributed by atoms with E-state index in [4.69, 9.17) is 5.26 Å². The molecule has 14 heavy (non-hydrogen) atoms. The summed E-state index contributed by atoms with van der Waals surface area (Å²) in [6.07, 6.45) is 2.81. The van der Waals surface area contributed by atoms with Gasteiger partial charge in [0.05, 0.1) is 5.56 Å². The number of hydrogen-bond acceptors (Lipinski definition) is 2. The van der Waals surface area contributed by atoms with Crippen LogP contribution >= 0.6 is 0 Å². The Hall–Kier alpha value is -1.56. The van der Waals surface area contributed by atoms with Crippen molar-refractivity contribution in [3.05, 3.63) is 34.2 Å². The zero-order chi connectivity index (χ0) is 11.0. The molecule has 3 nitrogen and oxygen atoms in total. The molecular formula is C11H16N2O. The van der Waals surface area contributed by atoms with Gasteiger partial charge >= 0.3 is 0 Å². The first-order valence-corrected chi connectivity index (χ1v) is 4.80. The van der Waals surface area contributed by atoms with Crippen LogP contribution < -0.4 is 5.56 Å². The summed E-state index contributed by atoms with van der Waals surface area (Å²) in [6.45, 7) is 6.72. The molecule has 0 N–H and O–H groups in total. The van der Waals surface area contributed by atoms with Gasteiger partial charge in [0.1, 0.15) is 6.07 Å². The Kier molecular flexibility index (Phi) is 6.13. The Balaban J connectivity index is 0.000000500. The Morgan fingerprint density at radius 1 is 1.36 bits per heavy atom. The van der Waals surface area contributed by atoms with Gasteiger partial charge in [0.2, 0.25) is 0 Å². The van der Waals surface area contributed by atoms with Gasteiger partial charge in [-0.15, -0.1) is 0 Å². The second-order valence-corrected chi connectivity index (χ2v) is 2.86. The van der Waals surface area contributed by atoms with E-state index in [9.17, 15) is 4.79 Å². The lowest BCUT2D eigenvalue weighted by Gasteiger charge is -1.98. The number of nitriles is 1. The summed E-state index contributed by atoms with van der Waals surface area (Å²) < 4.78 is 1.50. The maximum atomic E-state index is 11.0. The maximum Gasteiger partial charge on any atom is 0.250 e. The van der Waals surface area contributed by atoms with E-state index in [1.54, 1.807) is 6.20 Å². The molecule has 1 aromatic rings. The highest BCUT2D eigenvalue weighted by Gasteiger charge is 1.93. The highest BCUT2D eigenvalue weighted by molar-refractivity contribution is 5.24. The number of rotatable bonds is 1. The lowest BCUT2D eigenvalue weighted by Crippen LogP contribution is -2.17. The summed E-state index contributed by atoms with van der Waals surface area (Å²) in [5.41, 5.74) is 0.456. The summed E-state index contributed by atoms with van der Waals surface area (Å²) in [5.74, 6) is 0. The van der Waals surface area contributed by atoms with E-state index in [0.717, 1.165) is 0 Å². The van der Waals surface area contributed by atoms with Gasteiger partial charge in [-0.2, -0.15) is 5.26 Å². The van der Waals surface area contributed by atoms with Crippen LogP contribution in [0.15, 0.2) is 23.1 Å². The van der Waals surface area contributed by atoms with Crippen molar-refractivity contribution >= 4 is 0 Å². The van der Waals surface area contributed by atoms with Crippen LogP contribution in [0, 0.1) is 11.3 Å². The minimum Gasteiger partial charge on any atom is -0.314 e. The molecule has 0 fully saturated rings. The molecule has 0 unspecified atom stereocenters. The van der Waals surface area contributed by atoms with Gasteiger partial charge in [0.15, 0.2) is 0 Å². The third-order valence-corrected chi connectivity index (χ3v) is 1.45. The second kappa shape index (κ2) is 6.90. The minimum atomic E-state index is -0.0634. The van der Waals surface area contributed by atoms with Gasteiger partial charge in [0.25, 0.3) is 5.56 Å². The van der Waals surface area contributed by atoms with Crippen molar-refractivity contribution in [1.82, 2.24) is 4.57 Å². The molecule has 0 saturated carbocycles. The molecule has 0 bridgehead atoms. The van der Waals surface area contributed by atoms with E-state index >= 15 is 0 Å². The van der Waals surface area contributed by atoms with Crippen molar-refractivity contribution in [1.29, 1.82) is 5.26 Å². The summed E-state index contributed by atoms with van der Waals surface area (Å²) in [6, 6.07) is 4.90. The molecule has 0 spiro atoms. The van der Waals surface area contributed by atoms with E-state index in [-0.39, 0.29) is 5.56 Å². The number of aryl methyl sites for hydroxylation is 1. The highest BCUT2D eigenvalue weighted by Crippen LogP contribution is 1.91. The SMILES string of the molecule is CCC.CCn1cc(C#N)ccc1=O. The molecule has 1 aromatic heterocycles. The fourth-order valence-corrected chi connectivity index (χ4v) is 0.845. The monoisotopic (exact) mass is 192 g/mol. The molecule has 1 rings (SSSR count). The molecule has 0 atom stereocenters. The van der Waals surface area contributed by atoms with Crippen molar-refractivity contribution in [3.63, 3.8) is 0 Å². The molecule has 0 radical (unpaired) electrons. The van der Waals surface area contributed by atoms with Crippen LogP contribution in [0.4, 0.5) is 0 Å². The quantitative estimate of drug-likeness (QED) is 0.684. The van der Waals surface area contributed by atoms with Crippen LogP contribution in [-0.4, -0.2) is 4.57 Å². The normalized spacial score (nSPS) is 8.43. The second-order valence-electron chi connectivity index (χ2n) is 2.86. The summed E-state index contributed by atoms with van der Waals surface area (Å²) in [4.78, 5) is 11.0. The van der Waals surface area contributed by atoms with Gasteiger partial charge in [-0.1, -0.05) is 20.3 Å². The molecule has 0 aliphatic rings. The van der Waals surface area contributed by atoms with Gasteiger partial charge in [0, 0.05) is 18.8 Å².